The normalized spacial score (nSPS) is 11.8. The van der Waals surface area contributed by atoms with Crippen LogP contribution in [0.4, 0.5) is 0 Å². The van der Waals surface area contributed by atoms with Gasteiger partial charge in [-0.25, -0.2) is 8.42 Å². The van der Waals surface area contributed by atoms with E-state index in [0.717, 1.165) is 24.1 Å². The van der Waals surface area contributed by atoms with Crippen LogP contribution in [-0.4, -0.2) is 37.9 Å². The molecule has 2 aromatic rings. The average molecular weight is 336 g/mol. The van der Waals surface area contributed by atoms with E-state index >= 15 is 0 Å². The third-order valence-corrected chi connectivity index (χ3v) is 5.54. The van der Waals surface area contributed by atoms with Crippen LogP contribution in [-0.2, 0) is 10.0 Å². The zero-order valence-corrected chi connectivity index (χ0v) is 14.7. The van der Waals surface area contributed by atoms with Gasteiger partial charge in [0.15, 0.2) is 0 Å². The van der Waals surface area contributed by atoms with E-state index in [1.807, 2.05) is 26.0 Å². The third kappa shape index (κ3) is 3.76. The van der Waals surface area contributed by atoms with Crippen LogP contribution in [0, 0.1) is 0 Å². The molecule has 6 heteroatoms. The number of aromatic amines is 1. The highest BCUT2D eigenvalue weighted by Crippen LogP contribution is 2.32. The SMILES string of the molecule is CCCN(CCC)S(=O)(=O)c1ccc(OC)c(-c2ccc[nH]2)c1. The molecule has 1 aromatic carbocycles. The minimum atomic E-state index is -3.50. The van der Waals surface area contributed by atoms with Gasteiger partial charge in [0.25, 0.3) is 0 Å². The van der Waals surface area contributed by atoms with Gasteiger partial charge < -0.3 is 9.72 Å². The molecule has 0 aliphatic heterocycles. The largest absolute Gasteiger partial charge is 0.496 e. The number of nitrogens with zero attached hydrogens (tertiary/aromatic N) is 1. The average Bonchev–Trinajstić information content (AvgIpc) is 3.08. The molecule has 0 fully saturated rings. The molecule has 0 atom stereocenters. The number of hydrogen-bond donors (Lipinski definition) is 1. The van der Waals surface area contributed by atoms with Crippen LogP contribution < -0.4 is 4.74 Å². The van der Waals surface area contributed by atoms with Crippen LogP contribution in [0.2, 0.25) is 0 Å². The summed E-state index contributed by atoms with van der Waals surface area (Å²) in [5.74, 6) is 0.643. The Balaban J connectivity index is 2.49. The fourth-order valence-electron chi connectivity index (χ4n) is 2.56. The van der Waals surface area contributed by atoms with Gasteiger partial charge in [0.05, 0.1) is 12.0 Å². The van der Waals surface area contributed by atoms with Crippen LogP contribution in [0.3, 0.4) is 0 Å². The first-order valence-electron chi connectivity index (χ1n) is 7.86. The molecule has 126 valence electrons. The number of aromatic nitrogens is 1. The minimum Gasteiger partial charge on any atom is -0.496 e. The summed E-state index contributed by atoms with van der Waals surface area (Å²) in [7, 11) is -1.92. The van der Waals surface area contributed by atoms with Gasteiger partial charge in [-0.15, -0.1) is 0 Å². The lowest BCUT2D eigenvalue weighted by molar-refractivity contribution is 0.408. The maximum Gasteiger partial charge on any atom is 0.243 e. The van der Waals surface area contributed by atoms with Crippen molar-refractivity contribution in [3.63, 3.8) is 0 Å². The first-order chi connectivity index (χ1) is 11.0. The lowest BCUT2D eigenvalue weighted by Crippen LogP contribution is -2.32. The van der Waals surface area contributed by atoms with Crippen LogP contribution in [0.1, 0.15) is 26.7 Å². The molecular formula is C17H24N2O3S. The Morgan fingerprint density at radius 2 is 1.83 bits per heavy atom. The van der Waals surface area contributed by atoms with Crippen molar-refractivity contribution >= 4 is 10.0 Å². The molecule has 23 heavy (non-hydrogen) atoms. The second-order valence-electron chi connectivity index (χ2n) is 5.35. The predicted molar refractivity (Wildman–Crippen MR) is 92.1 cm³/mol. The van der Waals surface area contributed by atoms with Crippen molar-refractivity contribution in [2.24, 2.45) is 0 Å². The van der Waals surface area contributed by atoms with E-state index in [4.69, 9.17) is 4.74 Å². The van der Waals surface area contributed by atoms with Crippen molar-refractivity contribution in [3.8, 4) is 17.0 Å². The van der Waals surface area contributed by atoms with Crippen LogP contribution >= 0.6 is 0 Å². The summed E-state index contributed by atoms with van der Waals surface area (Å²) in [6, 6.07) is 8.76. The maximum absolute atomic E-state index is 12.9. The Labute approximate surface area is 138 Å². The number of nitrogens with one attached hydrogen (secondary N) is 1. The predicted octanol–water partition coefficient (Wildman–Crippen LogP) is 3.50. The maximum atomic E-state index is 12.9. The van der Waals surface area contributed by atoms with E-state index in [1.165, 1.54) is 0 Å². The van der Waals surface area contributed by atoms with Gasteiger partial charge in [0.2, 0.25) is 10.0 Å². The number of H-pyrrole nitrogens is 1. The highest BCUT2D eigenvalue weighted by molar-refractivity contribution is 7.89. The molecular weight excluding hydrogens is 312 g/mol. The molecule has 1 heterocycles. The monoisotopic (exact) mass is 336 g/mol. The van der Waals surface area contributed by atoms with Crippen molar-refractivity contribution in [2.75, 3.05) is 20.2 Å². The van der Waals surface area contributed by atoms with E-state index in [9.17, 15) is 8.42 Å². The second kappa shape index (κ2) is 7.66. The zero-order valence-electron chi connectivity index (χ0n) is 13.9. The number of rotatable bonds is 8. The minimum absolute atomic E-state index is 0.296. The fraction of sp³-hybridized carbons (Fsp3) is 0.412. The Kier molecular flexibility index (Phi) is 5.85. The molecule has 0 amide bonds. The summed E-state index contributed by atoms with van der Waals surface area (Å²) in [5.41, 5.74) is 1.57. The summed E-state index contributed by atoms with van der Waals surface area (Å²) >= 11 is 0. The number of sulfonamides is 1. The zero-order chi connectivity index (χ0) is 16.9. The fourth-order valence-corrected chi connectivity index (χ4v) is 4.21. The molecule has 0 unspecified atom stereocenters. The smallest absolute Gasteiger partial charge is 0.243 e. The number of benzene rings is 1. The molecule has 0 radical (unpaired) electrons. The lowest BCUT2D eigenvalue weighted by Gasteiger charge is -2.21. The second-order valence-corrected chi connectivity index (χ2v) is 7.29. The van der Waals surface area contributed by atoms with Gasteiger partial charge in [-0.1, -0.05) is 13.8 Å². The Morgan fingerprint density at radius 3 is 2.35 bits per heavy atom. The van der Waals surface area contributed by atoms with E-state index in [1.54, 1.807) is 35.8 Å². The highest BCUT2D eigenvalue weighted by atomic mass is 32.2. The van der Waals surface area contributed by atoms with Crippen LogP contribution in [0.5, 0.6) is 5.75 Å². The molecule has 0 spiro atoms. The molecule has 0 aliphatic carbocycles. The standard InChI is InChI=1S/C17H24N2O3S/c1-4-11-19(12-5-2)23(20,21)14-8-9-17(22-3)15(13-14)16-7-6-10-18-16/h6-10,13,18H,4-5,11-12H2,1-3H3. The molecule has 0 saturated carbocycles. The third-order valence-electron chi connectivity index (χ3n) is 3.64. The first kappa shape index (κ1) is 17.6. The Bertz CT molecular complexity index is 718. The van der Waals surface area contributed by atoms with Gasteiger partial charge in [0, 0.05) is 30.5 Å². The summed E-state index contributed by atoms with van der Waals surface area (Å²) in [5, 5.41) is 0. The quantitative estimate of drug-likeness (QED) is 0.802. The lowest BCUT2D eigenvalue weighted by atomic mass is 10.1. The summed E-state index contributed by atoms with van der Waals surface area (Å²) in [4.78, 5) is 3.39. The van der Waals surface area contributed by atoms with Crippen molar-refractivity contribution in [1.82, 2.24) is 9.29 Å². The molecule has 2 rings (SSSR count). The van der Waals surface area contributed by atoms with Crippen molar-refractivity contribution in [2.45, 2.75) is 31.6 Å². The summed E-state index contributed by atoms with van der Waals surface area (Å²) in [6.07, 6.45) is 3.38. The van der Waals surface area contributed by atoms with Crippen molar-refractivity contribution in [3.05, 3.63) is 36.5 Å². The van der Waals surface area contributed by atoms with E-state index < -0.39 is 10.0 Å². The van der Waals surface area contributed by atoms with Gasteiger partial charge in [-0.3, -0.25) is 0 Å². The van der Waals surface area contributed by atoms with E-state index in [2.05, 4.69) is 4.98 Å². The van der Waals surface area contributed by atoms with Crippen molar-refractivity contribution in [1.29, 1.82) is 0 Å². The van der Waals surface area contributed by atoms with E-state index in [-0.39, 0.29) is 0 Å². The van der Waals surface area contributed by atoms with E-state index in [0.29, 0.717) is 23.7 Å². The molecule has 5 nitrogen and oxygen atoms in total. The van der Waals surface area contributed by atoms with Crippen LogP contribution in [0.25, 0.3) is 11.3 Å². The Morgan fingerprint density at radius 1 is 1.13 bits per heavy atom. The van der Waals surface area contributed by atoms with Gasteiger partial charge in [0.1, 0.15) is 5.75 Å². The summed E-state index contributed by atoms with van der Waals surface area (Å²) in [6.45, 7) is 5.02. The summed E-state index contributed by atoms with van der Waals surface area (Å²) < 4.78 is 32.7. The molecule has 0 bridgehead atoms. The molecule has 1 aromatic heterocycles. The van der Waals surface area contributed by atoms with Gasteiger partial charge in [-0.2, -0.15) is 4.31 Å². The van der Waals surface area contributed by atoms with Crippen LogP contribution in [0.15, 0.2) is 41.4 Å². The molecule has 1 N–H and O–H groups in total. The topological polar surface area (TPSA) is 62.4 Å². The van der Waals surface area contributed by atoms with Crippen molar-refractivity contribution < 1.29 is 13.2 Å². The molecule has 0 aliphatic rings. The number of ether oxygens (including phenoxy) is 1. The highest BCUT2D eigenvalue weighted by Gasteiger charge is 2.24. The Hall–Kier alpha value is -1.79. The van der Waals surface area contributed by atoms with Gasteiger partial charge in [-0.05, 0) is 43.2 Å². The molecule has 0 saturated heterocycles. The van der Waals surface area contributed by atoms with Gasteiger partial charge >= 0.3 is 0 Å². The first-order valence-corrected chi connectivity index (χ1v) is 9.30. The number of methoxy groups -OCH3 is 1. The number of hydrogen-bond acceptors (Lipinski definition) is 3.